The van der Waals surface area contributed by atoms with Crippen LogP contribution in [0.15, 0.2) is 18.2 Å². The Morgan fingerprint density at radius 1 is 1.53 bits per heavy atom. The second-order valence-electron chi connectivity index (χ2n) is 4.28. The number of likely N-dealkylation sites (tertiary alicyclic amines) is 1. The number of carbonyl (C=O) groups is 1. The Hall–Kier alpha value is -1.26. The van der Waals surface area contributed by atoms with E-state index in [4.69, 9.17) is 17.3 Å². The fourth-order valence-corrected chi connectivity index (χ4v) is 2.22. The zero-order valence-corrected chi connectivity index (χ0v) is 10.2. The van der Waals surface area contributed by atoms with Gasteiger partial charge in [0.2, 0.25) is 0 Å². The van der Waals surface area contributed by atoms with Crippen LogP contribution in [-0.2, 0) is 0 Å². The number of carbonyl (C=O) groups excluding carboxylic acids is 1. The Morgan fingerprint density at radius 3 is 2.94 bits per heavy atom. The minimum atomic E-state index is -0.429. The molecule has 4 nitrogen and oxygen atoms in total. The SMILES string of the molecule is Nc1cc(Cl)ccc1C(=O)N1CCCC(O)C1. The van der Waals surface area contributed by atoms with Crippen molar-refractivity contribution in [2.45, 2.75) is 18.9 Å². The summed E-state index contributed by atoms with van der Waals surface area (Å²) in [5.74, 6) is -0.141. The first-order chi connectivity index (χ1) is 8.08. The summed E-state index contributed by atoms with van der Waals surface area (Å²) in [5.41, 5.74) is 6.59. The van der Waals surface area contributed by atoms with Crippen molar-refractivity contribution in [3.63, 3.8) is 0 Å². The number of β-amino-alcohol motifs (C(OH)–C–C–N with tert-alkyl or cyclic N) is 1. The van der Waals surface area contributed by atoms with Gasteiger partial charge >= 0.3 is 0 Å². The fraction of sp³-hybridized carbons (Fsp3) is 0.417. The number of aliphatic hydroxyl groups excluding tert-OH is 1. The highest BCUT2D eigenvalue weighted by Crippen LogP contribution is 2.21. The maximum atomic E-state index is 12.2. The van der Waals surface area contributed by atoms with Crippen molar-refractivity contribution in [3.05, 3.63) is 28.8 Å². The van der Waals surface area contributed by atoms with E-state index in [1.54, 1.807) is 23.1 Å². The van der Waals surface area contributed by atoms with Crippen molar-refractivity contribution in [2.75, 3.05) is 18.8 Å². The molecule has 1 unspecified atom stereocenters. The number of nitrogens with two attached hydrogens (primary N) is 1. The molecule has 1 aromatic carbocycles. The quantitative estimate of drug-likeness (QED) is 0.747. The van der Waals surface area contributed by atoms with E-state index in [9.17, 15) is 9.90 Å². The first kappa shape index (κ1) is 12.2. The standard InChI is InChI=1S/C12H15ClN2O2/c13-8-3-4-10(11(14)6-8)12(17)15-5-1-2-9(16)7-15/h3-4,6,9,16H,1-2,5,7,14H2. The molecule has 0 bridgehead atoms. The van der Waals surface area contributed by atoms with Crippen LogP contribution in [0, 0.1) is 0 Å². The lowest BCUT2D eigenvalue weighted by molar-refractivity contribution is 0.0474. The minimum Gasteiger partial charge on any atom is -0.398 e. The molecule has 0 aromatic heterocycles. The van der Waals surface area contributed by atoms with Gasteiger partial charge in [0, 0.05) is 23.8 Å². The van der Waals surface area contributed by atoms with E-state index in [1.807, 2.05) is 0 Å². The lowest BCUT2D eigenvalue weighted by atomic mass is 10.1. The van der Waals surface area contributed by atoms with E-state index in [-0.39, 0.29) is 5.91 Å². The van der Waals surface area contributed by atoms with E-state index in [1.165, 1.54) is 0 Å². The summed E-state index contributed by atoms with van der Waals surface area (Å²) < 4.78 is 0. The smallest absolute Gasteiger partial charge is 0.256 e. The second kappa shape index (κ2) is 4.94. The molecule has 1 aromatic rings. The van der Waals surface area contributed by atoms with Gasteiger partial charge in [0.15, 0.2) is 0 Å². The molecule has 5 heteroatoms. The summed E-state index contributed by atoms with van der Waals surface area (Å²) in [5, 5.41) is 10.1. The van der Waals surface area contributed by atoms with Gasteiger partial charge in [0.05, 0.1) is 11.7 Å². The van der Waals surface area contributed by atoms with Gasteiger partial charge in [-0.05, 0) is 31.0 Å². The van der Waals surface area contributed by atoms with Crippen LogP contribution in [0.3, 0.4) is 0 Å². The third kappa shape index (κ3) is 2.70. The van der Waals surface area contributed by atoms with E-state index in [0.717, 1.165) is 12.8 Å². The number of hydrogen-bond donors (Lipinski definition) is 2. The molecule has 1 aliphatic heterocycles. The van der Waals surface area contributed by atoms with E-state index >= 15 is 0 Å². The largest absolute Gasteiger partial charge is 0.398 e. The summed E-state index contributed by atoms with van der Waals surface area (Å²) in [7, 11) is 0. The molecule has 2 rings (SSSR count). The average Bonchev–Trinajstić information content (AvgIpc) is 2.28. The van der Waals surface area contributed by atoms with Crippen LogP contribution in [0.25, 0.3) is 0 Å². The molecule has 3 N–H and O–H groups in total. The molecule has 17 heavy (non-hydrogen) atoms. The van der Waals surface area contributed by atoms with Gasteiger partial charge in [-0.2, -0.15) is 0 Å². The van der Waals surface area contributed by atoms with Crippen LogP contribution in [-0.4, -0.2) is 35.1 Å². The van der Waals surface area contributed by atoms with Gasteiger partial charge in [-0.3, -0.25) is 4.79 Å². The van der Waals surface area contributed by atoms with Crippen molar-refractivity contribution in [1.82, 2.24) is 4.90 Å². The normalized spacial score (nSPS) is 20.4. The second-order valence-corrected chi connectivity index (χ2v) is 4.72. The average molecular weight is 255 g/mol. The van der Waals surface area contributed by atoms with Crippen molar-refractivity contribution in [2.24, 2.45) is 0 Å². The number of piperidine rings is 1. The molecule has 1 saturated heterocycles. The Kier molecular flexibility index (Phi) is 3.54. The summed E-state index contributed by atoms with van der Waals surface area (Å²) in [6.07, 6.45) is 1.14. The molecule has 1 fully saturated rings. The first-order valence-electron chi connectivity index (χ1n) is 5.60. The lowest BCUT2D eigenvalue weighted by Gasteiger charge is -2.30. The zero-order valence-electron chi connectivity index (χ0n) is 9.40. The fourth-order valence-electron chi connectivity index (χ4n) is 2.04. The highest BCUT2D eigenvalue weighted by Gasteiger charge is 2.24. The van der Waals surface area contributed by atoms with Crippen molar-refractivity contribution in [1.29, 1.82) is 0 Å². The van der Waals surface area contributed by atoms with Gasteiger partial charge < -0.3 is 15.7 Å². The van der Waals surface area contributed by atoms with Crippen LogP contribution < -0.4 is 5.73 Å². The van der Waals surface area contributed by atoms with Gasteiger partial charge in [-0.15, -0.1) is 0 Å². The van der Waals surface area contributed by atoms with E-state index in [2.05, 4.69) is 0 Å². The van der Waals surface area contributed by atoms with E-state index in [0.29, 0.717) is 29.4 Å². The monoisotopic (exact) mass is 254 g/mol. The summed E-state index contributed by atoms with van der Waals surface area (Å²) in [6.45, 7) is 1.04. The number of halogens is 1. The summed E-state index contributed by atoms with van der Waals surface area (Å²) >= 11 is 5.79. The highest BCUT2D eigenvalue weighted by molar-refractivity contribution is 6.31. The topological polar surface area (TPSA) is 66.6 Å². The number of rotatable bonds is 1. The highest BCUT2D eigenvalue weighted by atomic mass is 35.5. The Bertz CT molecular complexity index is 437. The Labute approximate surface area is 105 Å². The molecule has 92 valence electrons. The molecular formula is C12H15ClN2O2. The molecule has 1 aliphatic rings. The first-order valence-corrected chi connectivity index (χ1v) is 5.98. The maximum absolute atomic E-state index is 12.2. The van der Waals surface area contributed by atoms with Crippen LogP contribution in [0.2, 0.25) is 5.02 Å². The van der Waals surface area contributed by atoms with Crippen LogP contribution in [0.4, 0.5) is 5.69 Å². The van der Waals surface area contributed by atoms with Gasteiger partial charge in [0.1, 0.15) is 0 Å². The van der Waals surface area contributed by atoms with Crippen molar-refractivity contribution in [3.8, 4) is 0 Å². The molecule has 1 heterocycles. The number of benzene rings is 1. The third-order valence-corrected chi connectivity index (χ3v) is 3.16. The predicted molar refractivity (Wildman–Crippen MR) is 67.0 cm³/mol. The molecule has 1 amide bonds. The number of aliphatic hydroxyl groups is 1. The minimum absolute atomic E-state index is 0.141. The summed E-state index contributed by atoms with van der Waals surface area (Å²) in [4.78, 5) is 13.8. The maximum Gasteiger partial charge on any atom is 0.256 e. The number of amides is 1. The number of anilines is 1. The molecule has 0 spiro atoms. The molecule has 0 aliphatic carbocycles. The number of nitrogen functional groups attached to an aromatic ring is 1. The van der Waals surface area contributed by atoms with Gasteiger partial charge in [-0.1, -0.05) is 11.6 Å². The molecule has 0 radical (unpaired) electrons. The van der Waals surface area contributed by atoms with E-state index < -0.39 is 6.10 Å². The predicted octanol–water partition coefficient (Wildman–Crippen LogP) is 1.52. The van der Waals surface area contributed by atoms with Crippen LogP contribution in [0.1, 0.15) is 23.2 Å². The van der Waals surface area contributed by atoms with Gasteiger partial charge in [-0.25, -0.2) is 0 Å². The number of nitrogens with zero attached hydrogens (tertiary/aromatic N) is 1. The third-order valence-electron chi connectivity index (χ3n) is 2.93. The molecule has 1 atom stereocenters. The van der Waals surface area contributed by atoms with Crippen LogP contribution in [0.5, 0.6) is 0 Å². The van der Waals surface area contributed by atoms with Crippen molar-refractivity contribution >= 4 is 23.2 Å². The summed E-state index contributed by atoms with van der Waals surface area (Å²) in [6, 6.07) is 4.83. The molecule has 0 saturated carbocycles. The Morgan fingerprint density at radius 2 is 2.29 bits per heavy atom. The van der Waals surface area contributed by atoms with Gasteiger partial charge in [0.25, 0.3) is 5.91 Å². The van der Waals surface area contributed by atoms with Crippen LogP contribution >= 0.6 is 11.6 Å². The lowest BCUT2D eigenvalue weighted by Crippen LogP contribution is -2.42. The van der Waals surface area contributed by atoms with Crippen molar-refractivity contribution < 1.29 is 9.90 Å². The zero-order chi connectivity index (χ0) is 12.4. The molecular weight excluding hydrogens is 240 g/mol. The number of hydrogen-bond acceptors (Lipinski definition) is 3. The Balaban J connectivity index is 2.18.